The fraction of sp³-hybridized carbons (Fsp3) is 0.357. The number of nitrogens with zero attached hydrogens (tertiary/aromatic N) is 2. The number of hydrogen-bond donors (Lipinski definition) is 1. The number of benzene rings is 2. The molecule has 4 nitrogen and oxygen atoms in total. The van der Waals surface area contributed by atoms with E-state index in [1.54, 1.807) is 12.1 Å². The van der Waals surface area contributed by atoms with Gasteiger partial charge in [-0.05, 0) is 77.0 Å². The molecule has 0 saturated heterocycles. The monoisotopic (exact) mass is 428 g/mol. The zero-order valence-corrected chi connectivity index (χ0v) is 19.2. The Morgan fingerprint density at radius 1 is 1.22 bits per heavy atom. The van der Waals surface area contributed by atoms with Crippen molar-refractivity contribution in [2.75, 3.05) is 0 Å². The fourth-order valence-corrected chi connectivity index (χ4v) is 4.71. The van der Waals surface area contributed by atoms with Gasteiger partial charge >= 0.3 is 5.97 Å². The molecule has 1 heterocycles. The molecule has 0 saturated carbocycles. The number of imidazole rings is 1. The van der Waals surface area contributed by atoms with E-state index in [1.165, 1.54) is 35.1 Å². The Hall–Kier alpha value is -3.14. The number of hydrogen-bond acceptors (Lipinski definition) is 2. The minimum atomic E-state index is -0.897. The average molecular weight is 429 g/mol. The second-order valence-electron chi connectivity index (χ2n) is 9.63. The highest BCUT2D eigenvalue weighted by atomic mass is 16.4. The van der Waals surface area contributed by atoms with Crippen molar-refractivity contribution in [3.8, 4) is 0 Å². The van der Waals surface area contributed by atoms with Crippen molar-refractivity contribution in [3.63, 3.8) is 0 Å². The number of aromatic carboxylic acids is 1. The van der Waals surface area contributed by atoms with E-state index >= 15 is 0 Å². The Morgan fingerprint density at radius 2 is 2.00 bits per heavy atom. The number of carboxylic acids is 1. The summed E-state index contributed by atoms with van der Waals surface area (Å²) in [5.41, 5.74) is 7.11. The molecule has 1 aliphatic carbocycles. The Labute approximate surface area is 190 Å². The SMILES string of the molecule is CC1CCC(C)(C)c2cc(/C=C/c3ccc(C(=O)O)cc3)c(CCCn3ccnc3)cc21. The summed E-state index contributed by atoms with van der Waals surface area (Å²) in [4.78, 5) is 15.3. The first-order chi connectivity index (χ1) is 15.3. The number of carbonyl (C=O) groups is 1. The second kappa shape index (κ2) is 9.15. The van der Waals surface area contributed by atoms with Gasteiger partial charge in [-0.15, -0.1) is 0 Å². The zero-order chi connectivity index (χ0) is 22.7. The normalized spacial score (nSPS) is 17.4. The smallest absolute Gasteiger partial charge is 0.335 e. The van der Waals surface area contributed by atoms with E-state index in [0.717, 1.165) is 24.9 Å². The van der Waals surface area contributed by atoms with Crippen LogP contribution in [0.4, 0.5) is 0 Å². The third-order valence-corrected chi connectivity index (χ3v) is 6.81. The molecule has 166 valence electrons. The van der Waals surface area contributed by atoms with Gasteiger partial charge < -0.3 is 9.67 Å². The van der Waals surface area contributed by atoms with E-state index in [1.807, 2.05) is 30.9 Å². The van der Waals surface area contributed by atoms with Gasteiger partial charge in [0.2, 0.25) is 0 Å². The molecule has 0 aliphatic heterocycles. The standard InChI is InChI=1S/C28H32N2O2/c1-20-12-13-28(2,3)26-18-24(11-8-21-6-9-22(10-7-21)27(31)32)23(17-25(20)26)5-4-15-30-16-14-29-19-30/h6-11,14,16-20H,4-5,12-13,15H2,1-3H3,(H,31,32)/b11-8+. The molecule has 1 N–H and O–H groups in total. The molecule has 1 atom stereocenters. The van der Waals surface area contributed by atoms with Gasteiger partial charge in [-0.3, -0.25) is 0 Å². The second-order valence-corrected chi connectivity index (χ2v) is 9.63. The fourth-order valence-electron chi connectivity index (χ4n) is 4.71. The number of carboxylic acid groups (broad SMARTS) is 1. The first kappa shape index (κ1) is 22.1. The van der Waals surface area contributed by atoms with Gasteiger partial charge in [0.25, 0.3) is 0 Å². The topological polar surface area (TPSA) is 55.1 Å². The number of rotatable bonds is 7. The van der Waals surface area contributed by atoms with Gasteiger partial charge in [0.05, 0.1) is 11.9 Å². The van der Waals surface area contributed by atoms with Crippen LogP contribution in [0.5, 0.6) is 0 Å². The van der Waals surface area contributed by atoms with E-state index in [0.29, 0.717) is 11.5 Å². The molecule has 32 heavy (non-hydrogen) atoms. The molecule has 1 aromatic heterocycles. The molecule has 0 amide bonds. The van der Waals surface area contributed by atoms with E-state index in [9.17, 15) is 4.79 Å². The predicted octanol–water partition coefficient (Wildman–Crippen LogP) is 6.56. The third-order valence-electron chi connectivity index (χ3n) is 6.81. The lowest BCUT2D eigenvalue weighted by Gasteiger charge is -2.37. The molecular formula is C28H32N2O2. The molecule has 4 rings (SSSR count). The Bertz CT molecular complexity index is 1110. The highest BCUT2D eigenvalue weighted by molar-refractivity contribution is 5.88. The van der Waals surface area contributed by atoms with Gasteiger partial charge in [-0.1, -0.05) is 57.2 Å². The molecule has 0 bridgehead atoms. The maximum atomic E-state index is 11.1. The number of aryl methyl sites for hydroxylation is 2. The molecule has 0 fully saturated rings. The van der Waals surface area contributed by atoms with Gasteiger partial charge in [0.1, 0.15) is 0 Å². The minimum absolute atomic E-state index is 0.183. The van der Waals surface area contributed by atoms with Crippen molar-refractivity contribution >= 4 is 18.1 Å². The van der Waals surface area contributed by atoms with Crippen LogP contribution in [-0.4, -0.2) is 20.6 Å². The van der Waals surface area contributed by atoms with Crippen LogP contribution in [0.15, 0.2) is 55.1 Å². The Kier molecular flexibility index (Phi) is 6.31. The molecule has 0 radical (unpaired) electrons. The summed E-state index contributed by atoms with van der Waals surface area (Å²) in [5.74, 6) is -0.307. The lowest BCUT2D eigenvalue weighted by molar-refractivity contribution is 0.0697. The van der Waals surface area contributed by atoms with Crippen molar-refractivity contribution < 1.29 is 9.90 Å². The molecule has 2 aromatic carbocycles. The summed E-state index contributed by atoms with van der Waals surface area (Å²) in [6, 6.07) is 11.9. The van der Waals surface area contributed by atoms with Gasteiger partial charge in [-0.25, -0.2) is 9.78 Å². The molecule has 1 unspecified atom stereocenters. The molecule has 1 aliphatic rings. The van der Waals surface area contributed by atoms with E-state index in [-0.39, 0.29) is 5.41 Å². The van der Waals surface area contributed by atoms with Crippen LogP contribution < -0.4 is 0 Å². The van der Waals surface area contributed by atoms with Crippen LogP contribution in [-0.2, 0) is 18.4 Å². The highest BCUT2D eigenvalue weighted by Gasteiger charge is 2.31. The van der Waals surface area contributed by atoms with Gasteiger partial charge in [0, 0.05) is 18.9 Å². The van der Waals surface area contributed by atoms with Crippen molar-refractivity contribution in [1.82, 2.24) is 9.55 Å². The highest BCUT2D eigenvalue weighted by Crippen LogP contribution is 2.43. The van der Waals surface area contributed by atoms with Crippen molar-refractivity contribution in [3.05, 3.63) is 88.5 Å². The molecule has 4 heteroatoms. The van der Waals surface area contributed by atoms with Crippen molar-refractivity contribution in [1.29, 1.82) is 0 Å². The quantitative estimate of drug-likeness (QED) is 0.434. The van der Waals surface area contributed by atoms with Crippen molar-refractivity contribution in [2.24, 2.45) is 0 Å². The first-order valence-electron chi connectivity index (χ1n) is 11.5. The van der Waals surface area contributed by atoms with Crippen molar-refractivity contribution in [2.45, 2.75) is 64.3 Å². The molecule has 3 aromatic rings. The maximum absolute atomic E-state index is 11.1. The van der Waals surface area contributed by atoms with Gasteiger partial charge in [-0.2, -0.15) is 0 Å². The summed E-state index contributed by atoms with van der Waals surface area (Å²) in [5, 5.41) is 9.13. The van der Waals surface area contributed by atoms with Crippen LogP contribution >= 0.6 is 0 Å². The van der Waals surface area contributed by atoms with Gasteiger partial charge in [0.15, 0.2) is 0 Å². The summed E-state index contributed by atoms with van der Waals surface area (Å²) in [6.07, 6.45) is 14.5. The minimum Gasteiger partial charge on any atom is -0.478 e. The van der Waals surface area contributed by atoms with Crippen LogP contribution in [0.3, 0.4) is 0 Å². The summed E-state index contributed by atoms with van der Waals surface area (Å²) < 4.78 is 2.13. The molecular weight excluding hydrogens is 396 g/mol. The largest absolute Gasteiger partial charge is 0.478 e. The predicted molar refractivity (Wildman–Crippen MR) is 130 cm³/mol. The maximum Gasteiger partial charge on any atom is 0.335 e. The number of aromatic nitrogens is 2. The van der Waals surface area contributed by atoms with Crippen LogP contribution in [0.1, 0.15) is 84.1 Å². The third kappa shape index (κ3) is 4.85. The van der Waals surface area contributed by atoms with E-state index < -0.39 is 5.97 Å². The van der Waals surface area contributed by atoms with E-state index in [2.05, 4.69) is 54.6 Å². The summed E-state index contributed by atoms with van der Waals surface area (Å²) in [6.45, 7) is 8.02. The van der Waals surface area contributed by atoms with Crippen LogP contribution in [0.2, 0.25) is 0 Å². The van der Waals surface area contributed by atoms with Crippen LogP contribution in [0.25, 0.3) is 12.2 Å². The molecule has 0 spiro atoms. The lowest BCUT2D eigenvalue weighted by atomic mass is 9.68. The Morgan fingerprint density at radius 3 is 2.69 bits per heavy atom. The lowest BCUT2D eigenvalue weighted by Crippen LogP contribution is -2.26. The Balaban J connectivity index is 1.65. The van der Waals surface area contributed by atoms with E-state index in [4.69, 9.17) is 5.11 Å². The zero-order valence-electron chi connectivity index (χ0n) is 19.2. The average Bonchev–Trinajstić information content (AvgIpc) is 3.29. The number of fused-ring (bicyclic) bond motifs is 1. The summed E-state index contributed by atoms with van der Waals surface area (Å²) >= 11 is 0. The van der Waals surface area contributed by atoms with Crippen LogP contribution in [0, 0.1) is 0 Å². The first-order valence-corrected chi connectivity index (χ1v) is 11.5. The summed E-state index contributed by atoms with van der Waals surface area (Å²) in [7, 11) is 0.